The van der Waals surface area contributed by atoms with Crippen molar-refractivity contribution in [1.82, 2.24) is 10.3 Å². The number of rotatable bonds is 7. The maximum absolute atomic E-state index is 12.0. The molecule has 0 aliphatic heterocycles. The van der Waals surface area contributed by atoms with Gasteiger partial charge in [0, 0.05) is 18.6 Å². The van der Waals surface area contributed by atoms with Crippen LogP contribution < -0.4 is 9.79 Å². The van der Waals surface area contributed by atoms with Gasteiger partial charge in [0.2, 0.25) is 11.8 Å². The van der Waals surface area contributed by atoms with Crippen LogP contribution >= 0.6 is 11.8 Å². The third kappa shape index (κ3) is 4.78. The first-order valence-corrected chi connectivity index (χ1v) is 8.55. The van der Waals surface area contributed by atoms with Crippen molar-refractivity contribution in [1.29, 1.82) is 5.26 Å². The number of methoxy groups -OCH3 is 1. The van der Waals surface area contributed by atoms with Crippen molar-refractivity contribution in [3.8, 4) is 6.07 Å². The zero-order chi connectivity index (χ0) is 18.4. The van der Waals surface area contributed by atoms with Crippen LogP contribution in [0.2, 0.25) is 0 Å². The number of thioether (sulfide) groups is 1. The molecule has 2 aromatic heterocycles. The highest BCUT2D eigenvalue weighted by Crippen LogP contribution is 2.26. The van der Waals surface area contributed by atoms with Gasteiger partial charge < -0.3 is 9.84 Å². The van der Waals surface area contributed by atoms with E-state index in [2.05, 4.69) is 21.3 Å². The van der Waals surface area contributed by atoms with Crippen LogP contribution in [-0.2, 0) is 11.3 Å². The maximum Gasteiger partial charge on any atom is 0.320 e. The Balaban J connectivity index is 2.08. The SMILES string of the molecule is COCC[n+]1cc(/N=C(\[O-])CSc2nc(C)c(C)c(C)c2C#N)on1. The van der Waals surface area contributed by atoms with Crippen LogP contribution in [0.25, 0.3) is 0 Å². The summed E-state index contributed by atoms with van der Waals surface area (Å²) in [6, 6.07) is 2.16. The number of hydrogen-bond donors (Lipinski definition) is 0. The van der Waals surface area contributed by atoms with Crippen molar-refractivity contribution in [3.63, 3.8) is 0 Å². The van der Waals surface area contributed by atoms with Crippen molar-refractivity contribution in [2.45, 2.75) is 32.3 Å². The molecule has 0 N–H and O–H groups in total. The second-order valence-electron chi connectivity index (χ2n) is 5.33. The van der Waals surface area contributed by atoms with Gasteiger partial charge in [0.25, 0.3) is 6.20 Å². The van der Waals surface area contributed by atoms with Gasteiger partial charge in [0.15, 0.2) is 0 Å². The zero-order valence-electron chi connectivity index (χ0n) is 14.6. The average molecular weight is 361 g/mol. The highest BCUT2D eigenvalue weighted by atomic mass is 32.2. The third-order valence-electron chi connectivity index (χ3n) is 3.67. The van der Waals surface area contributed by atoms with E-state index in [0.29, 0.717) is 23.7 Å². The minimum absolute atomic E-state index is 0.0579. The standard InChI is InChI=1S/C16H19N5O3S/c1-10-11(2)13(7-17)16(18-12(10)3)25-9-14(22)19-15-8-21(20-24-15)5-6-23-4/h8H,5-6,9H2,1-4H3. The number of hydrogen-bond acceptors (Lipinski definition) is 8. The van der Waals surface area contributed by atoms with E-state index in [1.807, 2.05) is 20.8 Å². The van der Waals surface area contributed by atoms with E-state index in [9.17, 15) is 10.4 Å². The van der Waals surface area contributed by atoms with E-state index in [1.165, 1.54) is 22.6 Å². The normalized spacial score (nSPS) is 11.6. The summed E-state index contributed by atoms with van der Waals surface area (Å²) in [6.45, 7) is 6.68. The topological polar surface area (TPSA) is 111 Å². The molecule has 0 radical (unpaired) electrons. The van der Waals surface area contributed by atoms with Gasteiger partial charge in [-0.1, -0.05) is 11.8 Å². The van der Waals surface area contributed by atoms with Crippen molar-refractivity contribution < 1.29 is 19.0 Å². The first-order valence-electron chi connectivity index (χ1n) is 7.57. The van der Waals surface area contributed by atoms with E-state index in [4.69, 9.17) is 9.26 Å². The minimum Gasteiger partial charge on any atom is -0.861 e. The molecule has 0 aliphatic carbocycles. The van der Waals surface area contributed by atoms with Gasteiger partial charge in [-0.3, -0.25) is 4.52 Å². The van der Waals surface area contributed by atoms with Gasteiger partial charge in [0.05, 0.1) is 5.56 Å². The highest BCUT2D eigenvalue weighted by Gasteiger charge is 2.13. The van der Waals surface area contributed by atoms with Gasteiger partial charge in [-0.2, -0.15) is 5.26 Å². The van der Waals surface area contributed by atoms with E-state index in [0.717, 1.165) is 16.8 Å². The number of ether oxygens (including phenoxy) is 1. The molecule has 0 aromatic carbocycles. The fourth-order valence-corrected chi connectivity index (χ4v) is 2.91. The molecule has 0 amide bonds. The second-order valence-corrected chi connectivity index (χ2v) is 6.29. The predicted octanol–water partition coefficient (Wildman–Crippen LogP) is 0.983. The molecule has 0 unspecified atom stereocenters. The zero-order valence-corrected chi connectivity index (χ0v) is 15.4. The molecule has 0 saturated heterocycles. The van der Waals surface area contributed by atoms with Crippen molar-refractivity contribution in [2.24, 2.45) is 4.99 Å². The largest absolute Gasteiger partial charge is 0.861 e. The summed E-state index contributed by atoms with van der Waals surface area (Å²) in [6.07, 6.45) is 1.53. The van der Waals surface area contributed by atoms with Crippen molar-refractivity contribution >= 4 is 23.5 Å². The summed E-state index contributed by atoms with van der Waals surface area (Å²) in [5.41, 5.74) is 3.21. The van der Waals surface area contributed by atoms with E-state index < -0.39 is 0 Å². The maximum atomic E-state index is 12.0. The second kappa shape index (κ2) is 8.60. The Bertz CT molecular complexity index is 826. The number of pyridine rings is 1. The Kier molecular flexibility index (Phi) is 6.50. The first-order chi connectivity index (χ1) is 12.0. The summed E-state index contributed by atoms with van der Waals surface area (Å²) in [4.78, 5) is 8.27. The number of aromatic nitrogens is 3. The molecule has 132 valence electrons. The lowest BCUT2D eigenvalue weighted by molar-refractivity contribution is -0.763. The van der Waals surface area contributed by atoms with Crippen LogP contribution in [0.3, 0.4) is 0 Å². The summed E-state index contributed by atoms with van der Waals surface area (Å²) < 4.78 is 11.4. The Morgan fingerprint density at radius 2 is 2.20 bits per heavy atom. The molecule has 9 heteroatoms. The first kappa shape index (κ1) is 18.9. The molecule has 0 aliphatic rings. The summed E-state index contributed by atoms with van der Waals surface area (Å²) in [5.74, 6) is -0.199. The molecule has 0 spiro atoms. The van der Waals surface area contributed by atoms with Gasteiger partial charge >= 0.3 is 5.88 Å². The van der Waals surface area contributed by atoms with Gasteiger partial charge in [0.1, 0.15) is 17.7 Å². The quantitative estimate of drug-likeness (QED) is 0.313. The molecular weight excluding hydrogens is 342 g/mol. The fraction of sp³-hybridized carbons (Fsp3) is 0.438. The van der Waals surface area contributed by atoms with E-state index in [-0.39, 0.29) is 17.5 Å². The lowest BCUT2D eigenvalue weighted by atomic mass is 10.1. The molecule has 25 heavy (non-hydrogen) atoms. The number of nitriles is 1. The highest BCUT2D eigenvalue weighted by molar-refractivity contribution is 7.99. The molecule has 2 heterocycles. The lowest BCUT2D eigenvalue weighted by Crippen LogP contribution is -2.36. The summed E-state index contributed by atoms with van der Waals surface area (Å²) in [7, 11) is 1.59. The summed E-state index contributed by atoms with van der Waals surface area (Å²) >= 11 is 1.19. The van der Waals surface area contributed by atoms with Crippen LogP contribution in [0.5, 0.6) is 0 Å². The molecule has 0 atom stereocenters. The van der Waals surface area contributed by atoms with Crippen molar-refractivity contribution in [2.75, 3.05) is 19.5 Å². The van der Waals surface area contributed by atoms with Crippen LogP contribution in [-0.4, -0.2) is 35.6 Å². The van der Waals surface area contributed by atoms with Gasteiger partial charge in [-0.25, -0.2) is 9.98 Å². The predicted molar refractivity (Wildman–Crippen MR) is 89.6 cm³/mol. The smallest absolute Gasteiger partial charge is 0.320 e. The number of nitrogens with zero attached hydrogens (tertiary/aromatic N) is 5. The Hall–Kier alpha value is -2.44. The van der Waals surface area contributed by atoms with Gasteiger partial charge in [-0.05, 0) is 42.5 Å². The summed E-state index contributed by atoms with van der Waals surface area (Å²) in [5, 5.41) is 25.6. The average Bonchev–Trinajstić information content (AvgIpc) is 3.03. The monoisotopic (exact) mass is 361 g/mol. The molecule has 2 rings (SSSR count). The minimum atomic E-state index is -0.387. The molecular formula is C16H19N5O3S. The lowest BCUT2D eigenvalue weighted by Gasteiger charge is -2.12. The van der Waals surface area contributed by atoms with E-state index in [1.54, 1.807) is 7.11 Å². The number of aliphatic imine (C=N–C) groups is 1. The van der Waals surface area contributed by atoms with Crippen LogP contribution in [0.15, 0.2) is 20.7 Å². The molecule has 8 nitrogen and oxygen atoms in total. The molecule has 0 bridgehead atoms. The Morgan fingerprint density at radius 3 is 2.88 bits per heavy atom. The van der Waals surface area contributed by atoms with Gasteiger partial charge in [-0.15, -0.1) is 0 Å². The molecule has 2 aromatic rings. The number of aryl methyl sites for hydroxylation is 1. The van der Waals surface area contributed by atoms with Crippen LogP contribution in [0, 0.1) is 32.1 Å². The van der Waals surface area contributed by atoms with Crippen LogP contribution in [0.1, 0.15) is 22.4 Å². The van der Waals surface area contributed by atoms with Crippen LogP contribution in [0.4, 0.5) is 5.88 Å². The Labute approximate surface area is 150 Å². The van der Waals surface area contributed by atoms with E-state index >= 15 is 0 Å². The third-order valence-corrected chi connectivity index (χ3v) is 4.63. The fourth-order valence-electron chi connectivity index (χ4n) is 2.04. The Morgan fingerprint density at radius 1 is 1.44 bits per heavy atom. The van der Waals surface area contributed by atoms with Crippen molar-refractivity contribution in [3.05, 3.63) is 28.6 Å². The molecule has 0 fully saturated rings. The molecule has 0 saturated carbocycles.